The number of anilines is 1. The van der Waals surface area contributed by atoms with E-state index in [-0.39, 0.29) is 0 Å². The van der Waals surface area contributed by atoms with E-state index in [0.717, 1.165) is 11.3 Å². The minimum atomic E-state index is -0.494. The lowest BCUT2D eigenvalue weighted by atomic mass is 10.1. The molecule has 1 aromatic rings. The highest BCUT2D eigenvalue weighted by Crippen LogP contribution is 2.22. The highest BCUT2D eigenvalue weighted by molar-refractivity contribution is 5.47. The summed E-state index contributed by atoms with van der Waals surface area (Å²) in [6.07, 6.45) is -0.494. The molecule has 1 atom stereocenters. The molecule has 3 N–H and O–H groups in total. The van der Waals surface area contributed by atoms with Crippen LogP contribution in [-0.2, 0) is 11.3 Å². The van der Waals surface area contributed by atoms with Gasteiger partial charge in [-0.15, -0.1) is 0 Å². The van der Waals surface area contributed by atoms with Crippen molar-refractivity contribution in [3.8, 4) is 5.75 Å². The van der Waals surface area contributed by atoms with E-state index in [1.54, 1.807) is 7.11 Å². The molecule has 0 fully saturated rings. The van der Waals surface area contributed by atoms with Crippen molar-refractivity contribution in [1.29, 1.82) is 0 Å². The van der Waals surface area contributed by atoms with Gasteiger partial charge < -0.3 is 20.3 Å². The van der Waals surface area contributed by atoms with Crippen molar-refractivity contribution in [2.75, 3.05) is 39.6 Å². The number of hydrogen-bond donors (Lipinski definition) is 2. The zero-order valence-corrected chi connectivity index (χ0v) is 11.9. The molecule has 0 aliphatic rings. The maximum Gasteiger partial charge on any atom is 0.123 e. The first kappa shape index (κ1) is 15.8. The monoisotopic (exact) mass is 268 g/mol. The topological polar surface area (TPSA) is 68.0 Å². The molecule has 0 amide bonds. The molecule has 0 aromatic heterocycles. The Balaban J connectivity index is 2.66. The Morgan fingerprint density at radius 2 is 2.16 bits per heavy atom. The van der Waals surface area contributed by atoms with Crippen LogP contribution in [0.15, 0.2) is 18.2 Å². The van der Waals surface area contributed by atoms with Gasteiger partial charge in [0, 0.05) is 31.5 Å². The van der Waals surface area contributed by atoms with Gasteiger partial charge in [0.05, 0.1) is 19.3 Å². The number of likely N-dealkylation sites (N-methyl/N-ethyl adjacent to an activating group) is 1. The van der Waals surface area contributed by atoms with Gasteiger partial charge in [0.1, 0.15) is 5.75 Å². The molecule has 0 bridgehead atoms. The zero-order valence-electron chi connectivity index (χ0n) is 11.9. The molecular weight excluding hydrogens is 244 g/mol. The number of nitrogen functional groups attached to an aromatic ring is 1. The Kier molecular flexibility index (Phi) is 6.62. The van der Waals surface area contributed by atoms with Crippen molar-refractivity contribution in [2.45, 2.75) is 19.6 Å². The molecule has 0 aliphatic carbocycles. The lowest BCUT2D eigenvalue weighted by Crippen LogP contribution is -2.31. The van der Waals surface area contributed by atoms with Crippen molar-refractivity contribution in [3.63, 3.8) is 0 Å². The van der Waals surface area contributed by atoms with Gasteiger partial charge in [-0.05, 0) is 32.2 Å². The van der Waals surface area contributed by atoms with Crippen molar-refractivity contribution in [2.24, 2.45) is 0 Å². The number of rotatable bonds is 8. The minimum Gasteiger partial charge on any atom is -0.494 e. The average Bonchev–Trinajstić information content (AvgIpc) is 2.32. The summed E-state index contributed by atoms with van der Waals surface area (Å²) in [6, 6.07) is 5.62. The molecule has 0 radical (unpaired) electrons. The quantitative estimate of drug-likeness (QED) is 0.691. The summed E-state index contributed by atoms with van der Waals surface area (Å²) in [6.45, 7) is 4.11. The van der Waals surface area contributed by atoms with Crippen LogP contribution in [0.25, 0.3) is 0 Å². The van der Waals surface area contributed by atoms with Crippen LogP contribution in [0.4, 0.5) is 5.69 Å². The van der Waals surface area contributed by atoms with Crippen LogP contribution in [0.2, 0.25) is 0 Å². The number of aliphatic hydroxyl groups is 1. The van der Waals surface area contributed by atoms with Crippen LogP contribution in [0.5, 0.6) is 5.75 Å². The third kappa shape index (κ3) is 5.46. The van der Waals surface area contributed by atoms with E-state index in [9.17, 15) is 5.11 Å². The number of ether oxygens (including phenoxy) is 2. The smallest absolute Gasteiger partial charge is 0.123 e. The number of benzene rings is 1. The van der Waals surface area contributed by atoms with Gasteiger partial charge >= 0.3 is 0 Å². The van der Waals surface area contributed by atoms with Crippen LogP contribution >= 0.6 is 0 Å². The van der Waals surface area contributed by atoms with Gasteiger partial charge in [-0.3, -0.25) is 4.90 Å². The van der Waals surface area contributed by atoms with Gasteiger partial charge in [-0.1, -0.05) is 0 Å². The molecule has 0 saturated heterocycles. The summed E-state index contributed by atoms with van der Waals surface area (Å²) >= 11 is 0. The Morgan fingerprint density at radius 1 is 1.42 bits per heavy atom. The number of hydrogen-bond acceptors (Lipinski definition) is 5. The van der Waals surface area contributed by atoms with E-state index in [4.69, 9.17) is 15.2 Å². The van der Waals surface area contributed by atoms with Crippen molar-refractivity contribution in [1.82, 2.24) is 4.90 Å². The number of nitrogens with two attached hydrogens (primary N) is 1. The van der Waals surface area contributed by atoms with Crippen LogP contribution in [0, 0.1) is 0 Å². The second-order valence-corrected chi connectivity index (χ2v) is 4.61. The molecule has 1 rings (SSSR count). The molecule has 108 valence electrons. The maximum atomic E-state index is 9.70. The van der Waals surface area contributed by atoms with Gasteiger partial charge in [-0.2, -0.15) is 0 Å². The first-order valence-electron chi connectivity index (χ1n) is 6.43. The normalized spacial score (nSPS) is 12.7. The Bertz CT molecular complexity index is 385. The molecule has 0 heterocycles. The van der Waals surface area contributed by atoms with E-state index in [0.29, 0.717) is 32.0 Å². The second-order valence-electron chi connectivity index (χ2n) is 4.61. The summed E-state index contributed by atoms with van der Waals surface area (Å²) in [5.41, 5.74) is 7.54. The summed E-state index contributed by atoms with van der Waals surface area (Å²) in [4.78, 5) is 2.01. The van der Waals surface area contributed by atoms with Crippen molar-refractivity contribution in [3.05, 3.63) is 23.8 Å². The molecule has 0 spiro atoms. The number of nitrogens with zero attached hydrogens (tertiary/aromatic N) is 1. The summed E-state index contributed by atoms with van der Waals surface area (Å²) < 4.78 is 10.5. The summed E-state index contributed by atoms with van der Waals surface area (Å²) in [7, 11) is 3.52. The largest absolute Gasteiger partial charge is 0.494 e. The first-order chi connectivity index (χ1) is 9.06. The molecule has 1 aromatic carbocycles. The predicted molar refractivity (Wildman–Crippen MR) is 76.2 cm³/mol. The van der Waals surface area contributed by atoms with Crippen LogP contribution in [0.3, 0.4) is 0 Å². The lowest BCUT2D eigenvalue weighted by Gasteiger charge is -2.21. The van der Waals surface area contributed by atoms with E-state index in [2.05, 4.69) is 0 Å². The average molecular weight is 268 g/mol. The van der Waals surface area contributed by atoms with Crippen molar-refractivity contribution < 1.29 is 14.6 Å². The second kappa shape index (κ2) is 7.99. The number of aliphatic hydroxyl groups excluding tert-OH is 1. The van der Waals surface area contributed by atoms with E-state index < -0.39 is 6.10 Å². The standard InChI is InChI=1S/C14H24N2O3/c1-4-19-14-6-5-12(15)7-11(14)8-16(2)9-13(17)10-18-3/h5-7,13,17H,4,8-10,15H2,1-3H3. The third-order valence-electron chi connectivity index (χ3n) is 2.71. The molecular formula is C14H24N2O3. The molecule has 5 nitrogen and oxygen atoms in total. The first-order valence-corrected chi connectivity index (χ1v) is 6.43. The fourth-order valence-corrected chi connectivity index (χ4v) is 1.98. The van der Waals surface area contributed by atoms with E-state index in [1.807, 2.05) is 37.1 Å². The highest BCUT2D eigenvalue weighted by atomic mass is 16.5. The molecule has 19 heavy (non-hydrogen) atoms. The zero-order chi connectivity index (χ0) is 14.3. The maximum absolute atomic E-state index is 9.70. The summed E-state index contributed by atoms with van der Waals surface area (Å²) in [5, 5.41) is 9.70. The fourth-order valence-electron chi connectivity index (χ4n) is 1.98. The van der Waals surface area contributed by atoms with E-state index in [1.165, 1.54) is 0 Å². The predicted octanol–water partition coefficient (Wildman–Crippen LogP) is 1.11. The van der Waals surface area contributed by atoms with Gasteiger partial charge in [0.2, 0.25) is 0 Å². The van der Waals surface area contributed by atoms with Crippen LogP contribution in [-0.4, -0.2) is 50.0 Å². The molecule has 1 unspecified atom stereocenters. The third-order valence-corrected chi connectivity index (χ3v) is 2.71. The van der Waals surface area contributed by atoms with E-state index >= 15 is 0 Å². The van der Waals surface area contributed by atoms with Gasteiger partial charge in [0.25, 0.3) is 0 Å². The Hall–Kier alpha value is -1.30. The Morgan fingerprint density at radius 3 is 2.79 bits per heavy atom. The van der Waals surface area contributed by atoms with Crippen LogP contribution < -0.4 is 10.5 Å². The SMILES string of the molecule is CCOc1ccc(N)cc1CN(C)CC(O)COC. The molecule has 5 heteroatoms. The fraction of sp³-hybridized carbons (Fsp3) is 0.571. The van der Waals surface area contributed by atoms with Crippen molar-refractivity contribution >= 4 is 5.69 Å². The number of methoxy groups -OCH3 is 1. The molecule has 0 saturated carbocycles. The molecule has 0 aliphatic heterocycles. The lowest BCUT2D eigenvalue weighted by molar-refractivity contribution is 0.0417. The van der Waals surface area contributed by atoms with Gasteiger partial charge in [0.15, 0.2) is 0 Å². The minimum absolute atomic E-state index is 0.333. The Labute approximate surface area is 114 Å². The summed E-state index contributed by atoms with van der Waals surface area (Å²) in [5.74, 6) is 0.838. The highest BCUT2D eigenvalue weighted by Gasteiger charge is 2.11. The van der Waals surface area contributed by atoms with Crippen LogP contribution in [0.1, 0.15) is 12.5 Å². The van der Waals surface area contributed by atoms with Gasteiger partial charge in [-0.25, -0.2) is 0 Å².